The SMILES string of the molecule is CC(C)(C)OC(=O)N(Cc1cc2ccc(Cn3cc(-c4cncc(N)c4)nn3)cc2n1C(=O)OC(C)(C)C)CC1CCC1. The second kappa shape index (κ2) is 11.7. The monoisotopic (exact) mass is 587 g/mol. The Hall–Kier alpha value is -4.41. The zero-order valence-corrected chi connectivity index (χ0v) is 25.8. The summed E-state index contributed by atoms with van der Waals surface area (Å²) in [5.74, 6) is 0.425. The molecule has 5 rings (SSSR count). The summed E-state index contributed by atoms with van der Waals surface area (Å²) in [7, 11) is 0. The minimum Gasteiger partial charge on any atom is -0.444 e. The minimum absolute atomic E-state index is 0.218. The van der Waals surface area contributed by atoms with Crippen LogP contribution >= 0.6 is 0 Å². The van der Waals surface area contributed by atoms with E-state index in [-0.39, 0.29) is 6.54 Å². The first-order chi connectivity index (χ1) is 20.2. The number of anilines is 1. The fourth-order valence-corrected chi connectivity index (χ4v) is 5.05. The second-order valence-corrected chi connectivity index (χ2v) is 13.3. The Balaban J connectivity index is 1.48. The number of benzene rings is 1. The molecule has 4 aromatic rings. The van der Waals surface area contributed by atoms with Crippen molar-refractivity contribution in [2.24, 2.45) is 5.92 Å². The van der Waals surface area contributed by atoms with Gasteiger partial charge in [0.2, 0.25) is 0 Å². The van der Waals surface area contributed by atoms with Gasteiger partial charge in [0.05, 0.1) is 30.5 Å². The molecule has 1 aromatic carbocycles. The number of fused-ring (bicyclic) bond motifs is 1. The van der Waals surface area contributed by atoms with Crippen LogP contribution in [0.3, 0.4) is 0 Å². The van der Waals surface area contributed by atoms with Crippen molar-refractivity contribution >= 4 is 28.8 Å². The van der Waals surface area contributed by atoms with Gasteiger partial charge >= 0.3 is 12.2 Å². The van der Waals surface area contributed by atoms with Gasteiger partial charge in [-0.05, 0) is 84.1 Å². The van der Waals surface area contributed by atoms with Crippen molar-refractivity contribution in [3.63, 3.8) is 0 Å². The highest BCUT2D eigenvalue weighted by atomic mass is 16.6. The fraction of sp³-hybridized carbons (Fsp3) is 0.469. The molecule has 11 heteroatoms. The molecular formula is C32H41N7O4. The third-order valence-corrected chi connectivity index (χ3v) is 7.17. The van der Waals surface area contributed by atoms with Crippen LogP contribution in [0.2, 0.25) is 0 Å². The van der Waals surface area contributed by atoms with Crippen LogP contribution in [-0.2, 0) is 22.6 Å². The van der Waals surface area contributed by atoms with Crippen LogP contribution in [0.25, 0.3) is 22.2 Å². The van der Waals surface area contributed by atoms with Gasteiger partial charge in [0, 0.05) is 35.6 Å². The third kappa shape index (κ3) is 7.52. The van der Waals surface area contributed by atoms with Crippen LogP contribution in [0.15, 0.2) is 48.9 Å². The van der Waals surface area contributed by atoms with Gasteiger partial charge in [0.25, 0.3) is 0 Å². The molecule has 3 heterocycles. The number of nitrogen functional groups attached to an aromatic ring is 1. The number of amides is 1. The number of nitrogens with zero attached hydrogens (tertiary/aromatic N) is 6. The lowest BCUT2D eigenvalue weighted by molar-refractivity contribution is 0.0163. The van der Waals surface area contributed by atoms with E-state index in [9.17, 15) is 9.59 Å². The van der Waals surface area contributed by atoms with E-state index in [0.29, 0.717) is 41.6 Å². The Labute approximate surface area is 252 Å². The summed E-state index contributed by atoms with van der Waals surface area (Å²) < 4.78 is 14.9. The van der Waals surface area contributed by atoms with E-state index in [4.69, 9.17) is 15.2 Å². The Morgan fingerprint density at radius 3 is 2.42 bits per heavy atom. The van der Waals surface area contributed by atoms with Crippen molar-refractivity contribution in [1.82, 2.24) is 29.4 Å². The molecule has 11 nitrogen and oxygen atoms in total. The van der Waals surface area contributed by atoms with E-state index in [1.54, 1.807) is 32.6 Å². The molecule has 0 radical (unpaired) electrons. The summed E-state index contributed by atoms with van der Waals surface area (Å²) in [6, 6.07) is 9.67. The molecule has 2 N–H and O–H groups in total. The first kappa shape index (κ1) is 30.1. The zero-order valence-electron chi connectivity index (χ0n) is 25.8. The lowest BCUT2D eigenvalue weighted by Crippen LogP contribution is -2.41. The lowest BCUT2D eigenvalue weighted by Gasteiger charge is -2.33. The summed E-state index contributed by atoms with van der Waals surface area (Å²) in [5, 5.41) is 9.42. The van der Waals surface area contributed by atoms with Crippen molar-refractivity contribution in [2.45, 2.75) is 85.1 Å². The Morgan fingerprint density at radius 2 is 1.77 bits per heavy atom. The Kier molecular flexibility index (Phi) is 8.18. The highest BCUT2D eigenvalue weighted by Gasteiger charge is 2.30. The van der Waals surface area contributed by atoms with E-state index >= 15 is 0 Å². The first-order valence-corrected chi connectivity index (χ1v) is 14.7. The molecule has 0 saturated heterocycles. The van der Waals surface area contributed by atoms with E-state index in [1.165, 1.54) is 0 Å². The van der Waals surface area contributed by atoms with Gasteiger partial charge in [0.1, 0.15) is 16.9 Å². The maximum absolute atomic E-state index is 13.6. The summed E-state index contributed by atoms with van der Waals surface area (Å²) in [6.45, 7) is 12.3. The molecular weight excluding hydrogens is 546 g/mol. The number of hydrogen-bond acceptors (Lipinski definition) is 8. The van der Waals surface area contributed by atoms with Crippen molar-refractivity contribution < 1.29 is 19.1 Å². The molecule has 0 bridgehead atoms. The van der Waals surface area contributed by atoms with Gasteiger partial charge in [0.15, 0.2) is 0 Å². The number of ether oxygens (including phenoxy) is 2. The van der Waals surface area contributed by atoms with Gasteiger partial charge in [-0.15, -0.1) is 5.10 Å². The summed E-state index contributed by atoms with van der Waals surface area (Å²) >= 11 is 0. The van der Waals surface area contributed by atoms with E-state index in [0.717, 1.165) is 35.8 Å². The van der Waals surface area contributed by atoms with Crippen molar-refractivity contribution in [2.75, 3.05) is 12.3 Å². The third-order valence-electron chi connectivity index (χ3n) is 7.17. The number of aromatic nitrogens is 5. The Morgan fingerprint density at radius 1 is 1.02 bits per heavy atom. The fourth-order valence-electron chi connectivity index (χ4n) is 5.05. The van der Waals surface area contributed by atoms with Gasteiger partial charge < -0.3 is 20.1 Å². The molecule has 1 aliphatic carbocycles. The van der Waals surface area contributed by atoms with E-state index in [1.807, 2.05) is 72.0 Å². The number of rotatable bonds is 7. The van der Waals surface area contributed by atoms with Gasteiger partial charge in [-0.3, -0.25) is 4.98 Å². The standard InChI is InChI=1S/C32H41N7O4/c1-31(2,3)42-29(40)37(17-21-8-7-9-21)19-26-14-23-11-10-22(12-28(23)39(26)30(41)43-32(4,5)6)18-38-20-27(35-36-38)24-13-25(33)16-34-15-24/h10-16,20-21H,7-9,17-19,33H2,1-6H3. The molecule has 1 amide bonds. The normalized spacial score (nSPS) is 14.0. The van der Waals surface area contributed by atoms with Crippen LogP contribution in [0.4, 0.5) is 15.3 Å². The van der Waals surface area contributed by atoms with Crippen LogP contribution in [0, 0.1) is 5.92 Å². The summed E-state index contributed by atoms with van der Waals surface area (Å²) in [6.07, 6.45) is 7.54. The molecule has 1 saturated carbocycles. The van der Waals surface area contributed by atoms with Crippen molar-refractivity contribution in [3.8, 4) is 11.3 Å². The topological polar surface area (TPSA) is 130 Å². The quantitative estimate of drug-likeness (QED) is 0.269. The number of nitrogens with two attached hydrogens (primary N) is 1. The van der Waals surface area contributed by atoms with E-state index in [2.05, 4.69) is 15.3 Å². The average Bonchev–Trinajstić information content (AvgIpc) is 3.47. The van der Waals surface area contributed by atoms with Crippen LogP contribution in [0.5, 0.6) is 0 Å². The lowest BCUT2D eigenvalue weighted by atomic mass is 9.85. The zero-order chi connectivity index (χ0) is 30.9. The van der Waals surface area contributed by atoms with Crippen LogP contribution < -0.4 is 5.73 Å². The second-order valence-electron chi connectivity index (χ2n) is 13.3. The number of hydrogen-bond donors (Lipinski definition) is 1. The maximum atomic E-state index is 13.6. The molecule has 228 valence electrons. The average molecular weight is 588 g/mol. The highest BCUT2D eigenvalue weighted by molar-refractivity contribution is 5.91. The predicted octanol–water partition coefficient (Wildman–Crippen LogP) is 6.25. The molecule has 43 heavy (non-hydrogen) atoms. The van der Waals surface area contributed by atoms with Gasteiger partial charge in [-0.1, -0.05) is 23.8 Å². The van der Waals surface area contributed by atoms with Crippen molar-refractivity contribution in [1.29, 1.82) is 0 Å². The maximum Gasteiger partial charge on any atom is 0.419 e. The highest BCUT2D eigenvalue weighted by Crippen LogP contribution is 2.30. The van der Waals surface area contributed by atoms with Crippen molar-refractivity contribution in [3.05, 3.63) is 60.2 Å². The predicted molar refractivity (Wildman–Crippen MR) is 164 cm³/mol. The Bertz CT molecular complexity index is 1620. The first-order valence-electron chi connectivity index (χ1n) is 14.7. The molecule has 0 unspecified atom stereocenters. The summed E-state index contributed by atoms with van der Waals surface area (Å²) in [4.78, 5) is 32.8. The van der Waals surface area contributed by atoms with E-state index < -0.39 is 23.4 Å². The van der Waals surface area contributed by atoms with Crippen LogP contribution in [0.1, 0.15) is 72.1 Å². The molecule has 1 aliphatic rings. The van der Waals surface area contributed by atoms with Gasteiger partial charge in [-0.2, -0.15) is 0 Å². The smallest absolute Gasteiger partial charge is 0.419 e. The molecule has 3 aromatic heterocycles. The molecule has 0 spiro atoms. The number of pyridine rings is 1. The molecule has 0 atom stereocenters. The minimum atomic E-state index is -0.702. The molecule has 0 aliphatic heterocycles. The van der Waals surface area contributed by atoms with Crippen LogP contribution in [-0.4, -0.2) is 59.4 Å². The number of carbonyl (C=O) groups excluding carboxylic acids is 2. The number of carbonyl (C=O) groups is 2. The van der Waals surface area contributed by atoms with Gasteiger partial charge in [-0.25, -0.2) is 18.8 Å². The largest absolute Gasteiger partial charge is 0.444 e. The molecule has 1 fully saturated rings. The summed E-state index contributed by atoms with van der Waals surface area (Å²) in [5.41, 5.74) is 8.80.